The maximum absolute atomic E-state index is 12.0. The molecule has 5 heteroatoms. The number of carbonyl (C=O) groups is 1. The first-order valence-corrected chi connectivity index (χ1v) is 8.22. The molecule has 2 rings (SSSR count). The Labute approximate surface area is 148 Å². The SMILES string of the molecule is Cc1ccc([C@H](CNC(=O)COc2ccccc2Cl)N(C)C)cc1. The molecule has 0 aliphatic carbocycles. The van der Waals surface area contributed by atoms with Gasteiger partial charge in [-0.25, -0.2) is 0 Å². The van der Waals surface area contributed by atoms with Crippen molar-refractivity contribution in [2.75, 3.05) is 27.2 Å². The van der Waals surface area contributed by atoms with E-state index in [1.165, 1.54) is 5.56 Å². The average molecular weight is 347 g/mol. The van der Waals surface area contributed by atoms with Gasteiger partial charge in [-0.3, -0.25) is 4.79 Å². The number of nitrogens with one attached hydrogen (secondary N) is 1. The smallest absolute Gasteiger partial charge is 0.258 e. The van der Waals surface area contributed by atoms with Gasteiger partial charge in [-0.1, -0.05) is 53.6 Å². The highest BCUT2D eigenvalue weighted by Gasteiger charge is 2.15. The maximum Gasteiger partial charge on any atom is 0.258 e. The number of hydrogen-bond donors (Lipinski definition) is 1. The van der Waals surface area contributed by atoms with Gasteiger partial charge in [0.05, 0.1) is 11.1 Å². The van der Waals surface area contributed by atoms with Gasteiger partial charge in [0.25, 0.3) is 5.91 Å². The van der Waals surface area contributed by atoms with Crippen LogP contribution in [-0.2, 0) is 4.79 Å². The van der Waals surface area contributed by atoms with Crippen molar-refractivity contribution in [2.24, 2.45) is 0 Å². The molecule has 128 valence electrons. The van der Waals surface area contributed by atoms with E-state index in [0.717, 1.165) is 5.56 Å². The lowest BCUT2D eigenvalue weighted by atomic mass is 10.0. The van der Waals surface area contributed by atoms with Crippen LogP contribution >= 0.6 is 11.6 Å². The molecule has 0 saturated carbocycles. The zero-order valence-electron chi connectivity index (χ0n) is 14.3. The molecular weight excluding hydrogens is 324 g/mol. The lowest BCUT2D eigenvalue weighted by Crippen LogP contribution is -2.36. The number of benzene rings is 2. The molecule has 0 radical (unpaired) electrons. The molecule has 0 unspecified atom stereocenters. The van der Waals surface area contributed by atoms with Crippen LogP contribution in [0.1, 0.15) is 17.2 Å². The van der Waals surface area contributed by atoms with E-state index < -0.39 is 0 Å². The van der Waals surface area contributed by atoms with Gasteiger partial charge in [-0.2, -0.15) is 0 Å². The molecule has 1 atom stereocenters. The van der Waals surface area contributed by atoms with Crippen LogP contribution in [0.2, 0.25) is 5.02 Å². The third-order valence-corrected chi connectivity index (χ3v) is 4.09. The third kappa shape index (κ3) is 5.25. The van der Waals surface area contributed by atoms with E-state index in [1.54, 1.807) is 12.1 Å². The summed E-state index contributed by atoms with van der Waals surface area (Å²) in [6, 6.07) is 15.5. The number of nitrogens with zero attached hydrogens (tertiary/aromatic N) is 1. The molecule has 2 aromatic carbocycles. The highest BCUT2D eigenvalue weighted by atomic mass is 35.5. The normalized spacial score (nSPS) is 12.0. The summed E-state index contributed by atoms with van der Waals surface area (Å²) in [5.74, 6) is 0.339. The number of halogens is 1. The van der Waals surface area contributed by atoms with Crippen molar-refractivity contribution >= 4 is 17.5 Å². The minimum atomic E-state index is -0.172. The third-order valence-electron chi connectivity index (χ3n) is 3.77. The van der Waals surface area contributed by atoms with E-state index in [0.29, 0.717) is 17.3 Å². The summed E-state index contributed by atoms with van der Waals surface area (Å²) in [6.45, 7) is 2.51. The van der Waals surface area contributed by atoms with E-state index >= 15 is 0 Å². The van der Waals surface area contributed by atoms with Crippen molar-refractivity contribution in [3.8, 4) is 5.75 Å². The predicted octanol–water partition coefficient (Wildman–Crippen LogP) is 3.45. The Bertz CT molecular complexity index is 671. The van der Waals surface area contributed by atoms with Crippen LogP contribution in [0.3, 0.4) is 0 Å². The highest BCUT2D eigenvalue weighted by Crippen LogP contribution is 2.23. The van der Waals surface area contributed by atoms with Gasteiger partial charge in [0.15, 0.2) is 6.61 Å². The number of likely N-dealkylation sites (N-methyl/N-ethyl adjacent to an activating group) is 1. The van der Waals surface area contributed by atoms with Crippen molar-refractivity contribution in [1.29, 1.82) is 0 Å². The lowest BCUT2D eigenvalue weighted by molar-refractivity contribution is -0.123. The predicted molar refractivity (Wildman–Crippen MR) is 97.6 cm³/mol. The second-order valence-corrected chi connectivity index (χ2v) is 6.32. The van der Waals surface area contributed by atoms with Crippen molar-refractivity contribution in [3.05, 3.63) is 64.7 Å². The van der Waals surface area contributed by atoms with E-state index in [2.05, 4.69) is 41.4 Å². The van der Waals surface area contributed by atoms with Crippen LogP contribution in [0.5, 0.6) is 5.75 Å². The number of ether oxygens (including phenoxy) is 1. The van der Waals surface area contributed by atoms with Crippen LogP contribution < -0.4 is 10.1 Å². The van der Waals surface area contributed by atoms with E-state index in [9.17, 15) is 4.79 Å². The molecule has 2 aromatic rings. The molecule has 0 aliphatic rings. The summed E-state index contributed by atoms with van der Waals surface area (Å²) in [7, 11) is 3.99. The van der Waals surface area contributed by atoms with Crippen LogP contribution in [0.4, 0.5) is 0 Å². The number of hydrogen-bond acceptors (Lipinski definition) is 3. The Balaban J connectivity index is 1.88. The zero-order valence-corrected chi connectivity index (χ0v) is 15.0. The molecule has 1 N–H and O–H groups in total. The van der Waals surface area contributed by atoms with Crippen molar-refractivity contribution in [3.63, 3.8) is 0 Å². The van der Waals surface area contributed by atoms with E-state index in [1.807, 2.05) is 26.2 Å². The Morgan fingerprint density at radius 3 is 2.46 bits per heavy atom. The summed E-state index contributed by atoms with van der Waals surface area (Å²) in [6.07, 6.45) is 0. The summed E-state index contributed by atoms with van der Waals surface area (Å²) < 4.78 is 5.46. The zero-order chi connectivity index (χ0) is 17.5. The number of para-hydroxylation sites is 1. The van der Waals surface area contributed by atoms with E-state index in [-0.39, 0.29) is 18.6 Å². The quantitative estimate of drug-likeness (QED) is 0.835. The fourth-order valence-corrected chi connectivity index (χ4v) is 2.54. The minimum absolute atomic E-state index is 0.0578. The number of carbonyl (C=O) groups excluding carboxylic acids is 1. The first-order valence-electron chi connectivity index (χ1n) is 7.84. The van der Waals surface area contributed by atoms with Crippen molar-refractivity contribution in [1.82, 2.24) is 10.2 Å². The summed E-state index contributed by atoms with van der Waals surface area (Å²) in [5, 5.41) is 3.41. The second-order valence-electron chi connectivity index (χ2n) is 5.91. The Kier molecular flexibility index (Phi) is 6.64. The molecule has 4 nitrogen and oxygen atoms in total. The van der Waals surface area contributed by atoms with Gasteiger partial charge in [0.1, 0.15) is 5.75 Å². The number of rotatable bonds is 7. The fourth-order valence-electron chi connectivity index (χ4n) is 2.35. The Morgan fingerprint density at radius 1 is 1.17 bits per heavy atom. The number of aryl methyl sites for hydroxylation is 1. The molecule has 0 heterocycles. The molecule has 0 saturated heterocycles. The molecule has 0 aliphatic heterocycles. The molecule has 1 amide bonds. The van der Waals surface area contributed by atoms with Crippen molar-refractivity contribution in [2.45, 2.75) is 13.0 Å². The Morgan fingerprint density at radius 2 is 1.83 bits per heavy atom. The molecule has 0 fully saturated rings. The van der Waals surface area contributed by atoms with Gasteiger partial charge < -0.3 is 15.0 Å². The standard InChI is InChI=1S/C19H23ClN2O2/c1-14-8-10-15(11-9-14)17(22(2)3)12-21-19(23)13-24-18-7-5-4-6-16(18)20/h4-11,17H,12-13H2,1-3H3,(H,21,23)/t17-/m0/s1. The van der Waals surface area contributed by atoms with Gasteiger partial charge in [0, 0.05) is 6.54 Å². The summed E-state index contributed by atoms with van der Waals surface area (Å²) >= 11 is 6.01. The average Bonchev–Trinajstić information content (AvgIpc) is 2.55. The lowest BCUT2D eigenvalue weighted by Gasteiger charge is -2.25. The molecule has 24 heavy (non-hydrogen) atoms. The second kappa shape index (κ2) is 8.71. The van der Waals surface area contributed by atoms with Gasteiger partial charge in [-0.05, 0) is 38.7 Å². The van der Waals surface area contributed by atoms with Crippen LogP contribution in [-0.4, -0.2) is 38.1 Å². The highest BCUT2D eigenvalue weighted by molar-refractivity contribution is 6.32. The van der Waals surface area contributed by atoms with Crippen molar-refractivity contribution < 1.29 is 9.53 Å². The summed E-state index contributed by atoms with van der Waals surface area (Å²) in [5.41, 5.74) is 2.38. The summed E-state index contributed by atoms with van der Waals surface area (Å²) in [4.78, 5) is 14.1. The topological polar surface area (TPSA) is 41.6 Å². The van der Waals surface area contributed by atoms with Gasteiger partial charge in [0.2, 0.25) is 0 Å². The van der Waals surface area contributed by atoms with Crippen LogP contribution in [0.15, 0.2) is 48.5 Å². The molecular formula is C19H23ClN2O2. The monoisotopic (exact) mass is 346 g/mol. The first-order chi connectivity index (χ1) is 11.5. The fraction of sp³-hybridized carbons (Fsp3) is 0.316. The maximum atomic E-state index is 12.0. The van der Waals surface area contributed by atoms with Gasteiger partial charge in [-0.15, -0.1) is 0 Å². The minimum Gasteiger partial charge on any atom is -0.482 e. The molecule has 0 spiro atoms. The Hall–Kier alpha value is -2.04. The largest absolute Gasteiger partial charge is 0.482 e. The number of amides is 1. The van der Waals surface area contributed by atoms with Crippen LogP contribution in [0, 0.1) is 6.92 Å². The van der Waals surface area contributed by atoms with Crippen LogP contribution in [0.25, 0.3) is 0 Å². The van der Waals surface area contributed by atoms with Gasteiger partial charge >= 0.3 is 0 Å². The molecule has 0 bridgehead atoms. The van der Waals surface area contributed by atoms with E-state index in [4.69, 9.17) is 16.3 Å². The first kappa shape index (κ1) is 18.3. The molecule has 0 aromatic heterocycles.